The summed E-state index contributed by atoms with van der Waals surface area (Å²) in [5, 5.41) is 10.1. The van der Waals surface area contributed by atoms with Gasteiger partial charge < -0.3 is 5.32 Å². The Labute approximate surface area is 94.5 Å². The molecule has 1 heterocycles. The van der Waals surface area contributed by atoms with Crippen LogP contribution in [0, 0.1) is 6.92 Å². The standard InChI is InChI=1S/C9H16N2O2S2/c1-3-4-11-5-8-9(15(10,12)13)7(2)6-14-8/h6,11H,3-5H2,1-2H3,(H2,10,12,13). The summed E-state index contributed by atoms with van der Waals surface area (Å²) in [5.41, 5.74) is 0.732. The first-order chi connectivity index (χ1) is 6.96. The van der Waals surface area contributed by atoms with Gasteiger partial charge in [-0.15, -0.1) is 11.3 Å². The van der Waals surface area contributed by atoms with Gasteiger partial charge >= 0.3 is 0 Å². The maximum absolute atomic E-state index is 11.3. The van der Waals surface area contributed by atoms with Gasteiger partial charge in [0.15, 0.2) is 0 Å². The zero-order valence-corrected chi connectivity index (χ0v) is 10.5. The van der Waals surface area contributed by atoms with E-state index in [0.717, 1.165) is 23.4 Å². The number of primary sulfonamides is 1. The van der Waals surface area contributed by atoms with Crippen molar-refractivity contribution >= 4 is 21.4 Å². The van der Waals surface area contributed by atoms with Crippen LogP contribution in [0.5, 0.6) is 0 Å². The van der Waals surface area contributed by atoms with Gasteiger partial charge in [0.05, 0.1) is 4.90 Å². The molecule has 0 bridgehead atoms. The highest BCUT2D eigenvalue weighted by Gasteiger charge is 2.18. The molecule has 0 spiro atoms. The van der Waals surface area contributed by atoms with Crippen molar-refractivity contribution in [2.24, 2.45) is 5.14 Å². The lowest BCUT2D eigenvalue weighted by atomic mass is 10.3. The second-order valence-electron chi connectivity index (χ2n) is 3.39. The molecule has 15 heavy (non-hydrogen) atoms. The lowest BCUT2D eigenvalue weighted by Crippen LogP contribution is -2.18. The fraction of sp³-hybridized carbons (Fsp3) is 0.556. The number of rotatable bonds is 5. The van der Waals surface area contributed by atoms with Crippen LogP contribution in [-0.2, 0) is 16.6 Å². The number of sulfonamides is 1. The summed E-state index contributed by atoms with van der Waals surface area (Å²) in [7, 11) is -3.59. The first-order valence-electron chi connectivity index (χ1n) is 4.77. The largest absolute Gasteiger partial charge is 0.312 e. The molecule has 0 amide bonds. The Morgan fingerprint density at radius 2 is 2.20 bits per heavy atom. The molecule has 0 aromatic carbocycles. The number of nitrogens with one attached hydrogen (secondary N) is 1. The summed E-state index contributed by atoms with van der Waals surface area (Å²) in [6, 6.07) is 0. The van der Waals surface area contributed by atoms with Crippen molar-refractivity contribution < 1.29 is 8.42 Å². The highest BCUT2D eigenvalue weighted by Crippen LogP contribution is 2.25. The molecule has 0 aliphatic carbocycles. The molecule has 0 radical (unpaired) electrons. The van der Waals surface area contributed by atoms with Crippen molar-refractivity contribution in [1.29, 1.82) is 0 Å². The molecular formula is C9H16N2O2S2. The molecule has 1 aromatic rings. The molecule has 0 saturated carbocycles. The molecule has 0 fully saturated rings. The van der Waals surface area contributed by atoms with E-state index in [0.29, 0.717) is 6.54 Å². The second-order valence-corrected chi connectivity index (χ2v) is 5.86. The van der Waals surface area contributed by atoms with Gasteiger partial charge in [0.2, 0.25) is 10.0 Å². The molecule has 4 nitrogen and oxygen atoms in total. The monoisotopic (exact) mass is 248 g/mol. The predicted octanol–water partition coefficient (Wildman–Crippen LogP) is 1.20. The Balaban J connectivity index is 2.90. The fourth-order valence-electron chi connectivity index (χ4n) is 1.37. The summed E-state index contributed by atoms with van der Waals surface area (Å²) >= 11 is 1.43. The lowest BCUT2D eigenvalue weighted by Gasteiger charge is -2.04. The first kappa shape index (κ1) is 12.6. The van der Waals surface area contributed by atoms with Crippen LogP contribution in [0.2, 0.25) is 0 Å². The average molecular weight is 248 g/mol. The van der Waals surface area contributed by atoms with Gasteiger partial charge in [-0.2, -0.15) is 0 Å². The van der Waals surface area contributed by atoms with E-state index in [2.05, 4.69) is 12.2 Å². The normalized spacial score (nSPS) is 11.9. The van der Waals surface area contributed by atoms with E-state index in [4.69, 9.17) is 5.14 Å². The van der Waals surface area contributed by atoms with E-state index >= 15 is 0 Å². The zero-order chi connectivity index (χ0) is 11.5. The summed E-state index contributed by atoms with van der Waals surface area (Å²) < 4.78 is 22.7. The number of hydrogen-bond acceptors (Lipinski definition) is 4. The second kappa shape index (κ2) is 5.07. The van der Waals surface area contributed by atoms with Crippen molar-refractivity contribution in [1.82, 2.24) is 5.32 Å². The number of thiophene rings is 1. The van der Waals surface area contributed by atoms with E-state index in [1.165, 1.54) is 11.3 Å². The van der Waals surface area contributed by atoms with E-state index in [1.807, 2.05) is 5.38 Å². The van der Waals surface area contributed by atoms with Gasteiger partial charge in [-0.1, -0.05) is 6.92 Å². The predicted molar refractivity (Wildman–Crippen MR) is 62.4 cm³/mol. The minimum atomic E-state index is -3.59. The minimum absolute atomic E-state index is 0.288. The molecule has 0 aliphatic heterocycles. The van der Waals surface area contributed by atoms with Crippen LogP contribution >= 0.6 is 11.3 Å². The van der Waals surface area contributed by atoms with Gasteiger partial charge in [-0.3, -0.25) is 0 Å². The van der Waals surface area contributed by atoms with Crippen LogP contribution in [0.1, 0.15) is 23.8 Å². The van der Waals surface area contributed by atoms with Crippen LogP contribution in [-0.4, -0.2) is 15.0 Å². The SMILES string of the molecule is CCCNCc1scc(C)c1S(N)(=O)=O. The Bertz CT molecular complexity index is 423. The molecule has 0 unspecified atom stereocenters. The Morgan fingerprint density at radius 3 is 2.73 bits per heavy atom. The topological polar surface area (TPSA) is 72.2 Å². The smallest absolute Gasteiger partial charge is 0.239 e. The summed E-state index contributed by atoms with van der Waals surface area (Å²) in [5.74, 6) is 0. The molecule has 1 rings (SSSR count). The van der Waals surface area contributed by atoms with Crippen molar-refractivity contribution in [3.05, 3.63) is 15.8 Å². The van der Waals surface area contributed by atoms with Gasteiger partial charge in [0.1, 0.15) is 0 Å². The highest BCUT2D eigenvalue weighted by molar-refractivity contribution is 7.89. The van der Waals surface area contributed by atoms with Crippen molar-refractivity contribution in [3.63, 3.8) is 0 Å². The molecule has 0 atom stereocenters. The molecule has 1 aromatic heterocycles. The van der Waals surface area contributed by atoms with E-state index < -0.39 is 10.0 Å². The van der Waals surface area contributed by atoms with Gasteiger partial charge in [-0.05, 0) is 30.8 Å². The van der Waals surface area contributed by atoms with Gasteiger partial charge in [-0.25, -0.2) is 13.6 Å². The zero-order valence-electron chi connectivity index (χ0n) is 8.91. The Hall–Kier alpha value is -0.430. The molecule has 3 N–H and O–H groups in total. The summed E-state index contributed by atoms with van der Waals surface area (Å²) in [6.45, 7) is 5.27. The lowest BCUT2D eigenvalue weighted by molar-refractivity contribution is 0.595. The molecule has 0 aliphatic rings. The van der Waals surface area contributed by atoms with Crippen LogP contribution in [0.25, 0.3) is 0 Å². The maximum atomic E-state index is 11.3. The molecule has 0 saturated heterocycles. The van der Waals surface area contributed by atoms with Crippen LogP contribution in [0.15, 0.2) is 10.3 Å². The van der Waals surface area contributed by atoms with Crippen LogP contribution in [0.4, 0.5) is 0 Å². The van der Waals surface area contributed by atoms with Crippen LogP contribution < -0.4 is 10.5 Å². The van der Waals surface area contributed by atoms with Gasteiger partial charge in [0.25, 0.3) is 0 Å². The first-order valence-corrected chi connectivity index (χ1v) is 7.20. The fourth-order valence-corrected chi connectivity index (χ4v) is 3.73. The van der Waals surface area contributed by atoms with Crippen molar-refractivity contribution in [2.45, 2.75) is 31.7 Å². The highest BCUT2D eigenvalue weighted by atomic mass is 32.2. The van der Waals surface area contributed by atoms with Crippen molar-refractivity contribution in [2.75, 3.05) is 6.54 Å². The molecule has 6 heteroatoms. The summed E-state index contributed by atoms with van der Waals surface area (Å²) in [4.78, 5) is 1.08. The third kappa shape index (κ3) is 3.27. The third-order valence-corrected chi connectivity index (χ3v) is 4.36. The Morgan fingerprint density at radius 1 is 1.53 bits per heavy atom. The Kier molecular flexibility index (Phi) is 4.27. The quantitative estimate of drug-likeness (QED) is 0.769. The van der Waals surface area contributed by atoms with Gasteiger partial charge in [0, 0.05) is 11.4 Å². The number of hydrogen-bond donors (Lipinski definition) is 2. The van der Waals surface area contributed by atoms with E-state index in [1.54, 1.807) is 6.92 Å². The number of aryl methyl sites for hydroxylation is 1. The molecule has 86 valence electrons. The third-order valence-electron chi connectivity index (χ3n) is 1.99. The van der Waals surface area contributed by atoms with E-state index in [-0.39, 0.29) is 4.90 Å². The molecular weight excluding hydrogens is 232 g/mol. The number of nitrogens with two attached hydrogens (primary N) is 1. The minimum Gasteiger partial charge on any atom is -0.312 e. The van der Waals surface area contributed by atoms with Crippen molar-refractivity contribution in [3.8, 4) is 0 Å². The van der Waals surface area contributed by atoms with Crippen LogP contribution in [0.3, 0.4) is 0 Å². The van der Waals surface area contributed by atoms with E-state index in [9.17, 15) is 8.42 Å². The average Bonchev–Trinajstić information content (AvgIpc) is 2.47. The summed E-state index contributed by atoms with van der Waals surface area (Å²) in [6.07, 6.45) is 1.02. The maximum Gasteiger partial charge on any atom is 0.239 e.